The summed E-state index contributed by atoms with van der Waals surface area (Å²) < 4.78 is 25.8. The number of ether oxygens (including phenoxy) is 2. The van der Waals surface area contributed by atoms with Crippen molar-refractivity contribution >= 4 is 11.6 Å². The molecule has 3 rings (SSSR count). The number of halogens is 1. The van der Waals surface area contributed by atoms with E-state index in [1.807, 2.05) is 6.07 Å². The summed E-state index contributed by atoms with van der Waals surface area (Å²) in [6, 6.07) is 13.4. The largest absolute Gasteiger partial charge is 0.460 e. The number of nitrogens with one attached hydrogen (secondary N) is 1. The third-order valence-electron chi connectivity index (χ3n) is 3.88. The fraction of sp³-hybridized carbons (Fsp3) is 0.250. The van der Waals surface area contributed by atoms with Crippen molar-refractivity contribution in [1.29, 1.82) is 0 Å². The first kappa shape index (κ1) is 19.5. The number of rotatable bonds is 8. The summed E-state index contributed by atoms with van der Waals surface area (Å²) in [6.07, 6.45) is 0.375. The molecule has 1 amide bonds. The number of carbonyl (C=O) groups is 1. The molecule has 1 aromatic heterocycles. The van der Waals surface area contributed by atoms with Gasteiger partial charge in [0.05, 0.1) is 12.3 Å². The monoisotopic (exact) mass is 384 g/mol. The summed E-state index contributed by atoms with van der Waals surface area (Å²) >= 11 is 0. The minimum absolute atomic E-state index is 0.0929. The number of benzene rings is 2. The Balaban J connectivity index is 2.01. The first-order chi connectivity index (χ1) is 13.6. The number of hydrogen-bond donors (Lipinski definition) is 1. The number of hydrogen-bond acceptors (Lipinski definition) is 5. The third kappa shape index (κ3) is 4.72. The van der Waals surface area contributed by atoms with E-state index < -0.39 is 0 Å². The van der Waals surface area contributed by atoms with Crippen molar-refractivity contribution in [3.8, 4) is 23.1 Å². The molecule has 1 heterocycles. The maximum absolute atomic E-state index is 13.7. The maximum atomic E-state index is 13.7. The third-order valence-corrected chi connectivity index (χ3v) is 3.88. The lowest BCUT2D eigenvalue weighted by Crippen LogP contribution is -2.10. The predicted molar refractivity (Wildman–Crippen MR) is 103 cm³/mol. The fourth-order valence-electron chi connectivity index (χ4n) is 2.53. The molecule has 0 aliphatic carbocycles. The Morgan fingerprint density at radius 1 is 1.18 bits per heavy atom. The Labute approximate surface area is 162 Å². The Morgan fingerprint density at radius 2 is 2.00 bits per heavy atom. The highest BCUT2D eigenvalue weighted by atomic mass is 19.1. The molecule has 0 aliphatic heterocycles. The molecule has 0 radical (unpaired) electrons. The van der Waals surface area contributed by atoms with Gasteiger partial charge in [0.1, 0.15) is 12.4 Å². The Kier molecular flexibility index (Phi) is 6.33. The number of nitrogens with zero attached hydrogens (tertiary/aromatic N) is 3. The molecule has 2 aromatic carbocycles. The Bertz CT molecular complexity index is 958. The second-order valence-electron chi connectivity index (χ2n) is 5.93. The topological polar surface area (TPSA) is 78.3 Å². The average Bonchev–Trinajstić information content (AvgIpc) is 3.12. The molecule has 3 aromatic rings. The summed E-state index contributed by atoms with van der Waals surface area (Å²) in [5, 5.41) is 7.20. The lowest BCUT2D eigenvalue weighted by Gasteiger charge is -2.09. The first-order valence-corrected chi connectivity index (χ1v) is 8.85. The van der Waals surface area contributed by atoms with E-state index in [4.69, 9.17) is 9.47 Å². The summed E-state index contributed by atoms with van der Waals surface area (Å²) in [6.45, 7) is 2.46. The quantitative estimate of drug-likeness (QED) is 0.602. The summed E-state index contributed by atoms with van der Waals surface area (Å²) in [7, 11) is 1.57. The van der Waals surface area contributed by atoms with Crippen LogP contribution in [0.2, 0.25) is 0 Å². The van der Waals surface area contributed by atoms with Gasteiger partial charge in [0.15, 0.2) is 5.82 Å². The lowest BCUT2D eigenvalue weighted by molar-refractivity contribution is -0.115. The second-order valence-corrected chi connectivity index (χ2v) is 5.93. The van der Waals surface area contributed by atoms with Crippen LogP contribution in [0.5, 0.6) is 6.01 Å². The Hall–Kier alpha value is -3.26. The van der Waals surface area contributed by atoms with Crippen LogP contribution in [0.1, 0.15) is 13.3 Å². The standard InChI is InChI=1S/C20H21FN4O3/c1-3-18(26)22-16-8-5-9-17(13-16)25-19(14-6-4-7-15(21)12-14)23-20(24-25)28-11-10-27-2/h4-9,12-13H,3,10-11H2,1-2H3,(H,22,26). The zero-order chi connectivity index (χ0) is 19.9. The highest BCUT2D eigenvalue weighted by Crippen LogP contribution is 2.25. The SMILES string of the molecule is CCC(=O)Nc1cccc(-n2nc(OCCOC)nc2-c2cccc(F)c2)c1. The zero-order valence-corrected chi connectivity index (χ0v) is 15.7. The molecule has 7 nitrogen and oxygen atoms in total. The molecule has 0 bridgehead atoms. The number of anilines is 1. The van der Waals surface area contributed by atoms with Crippen LogP contribution < -0.4 is 10.1 Å². The van der Waals surface area contributed by atoms with Gasteiger partial charge in [-0.3, -0.25) is 4.79 Å². The molecule has 0 aliphatic rings. The van der Waals surface area contributed by atoms with Crippen LogP contribution in [-0.4, -0.2) is 41.0 Å². The second kappa shape index (κ2) is 9.09. The summed E-state index contributed by atoms with van der Waals surface area (Å²) in [5.74, 6) is -0.0478. The van der Waals surface area contributed by atoms with Crippen molar-refractivity contribution in [3.63, 3.8) is 0 Å². The van der Waals surface area contributed by atoms with Gasteiger partial charge in [0, 0.05) is 24.8 Å². The van der Waals surface area contributed by atoms with E-state index in [9.17, 15) is 9.18 Å². The lowest BCUT2D eigenvalue weighted by atomic mass is 10.2. The van der Waals surface area contributed by atoms with E-state index in [2.05, 4.69) is 15.4 Å². The van der Waals surface area contributed by atoms with Gasteiger partial charge in [-0.05, 0) is 30.3 Å². The van der Waals surface area contributed by atoms with Crippen LogP contribution in [0.25, 0.3) is 17.1 Å². The normalized spacial score (nSPS) is 10.7. The van der Waals surface area contributed by atoms with Crippen LogP contribution >= 0.6 is 0 Å². The molecule has 0 atom stereocenters. The van der Waals surface area contributed by atoms with Crippen LogP contribution in [0.3, 0.4) is 0 Å². The van der Waals surface area contributed by atoms with Crippen molar-refractivity contribution < 1.29 is 18.7 Å². The van der Waals surface area contributed by atoms with E-state index in [1.54, 1.807) is 49.0 Å². The van der Waals surface area contributed by atoms with Gasteiger partial charge in [0.2, 0.25) is 5.91 Å². The average molecular weight is 384 g/mol. The van der Waals surface area contributed by atoms with Gasteiger partial charge in [-0.25, -0.2) is 9.07 Å². The van der Waals surface area contributed by atoms with Gasteiger partial charge in [-0.2, -0.15) is 4.98 Å². The Morgan fingerprint density at radius 3 is 2.75 bits per heavy atom. The van der Waals surface area contributed by atoms with Crippen molar-refractivity contribution in [2.24, 2.45) is 0 Å². The van der Waals surface area contributed by atoms with E-state index in [-0.39, 0.29) is 24.3 Å². The fourth-order valence-corrected chi connectivity index (χ4v) is 2.53. The van der Waals surface area contributed by atoms with Gasteiger partial charge < -0.3 is 14.8 Å². The summed E-state index contributed by atoms with van der Waals surface area (Å²) in [5.41, 5.74) is 1.84. The molecule has 8 heteroatoms. The molecular weight excluding hydrogens is 363 g/mol. The molecule has 146 valence electrons. The molecular formula is C20H21FN4O3. The minimum atomic E-state index is -0.377. The van der Waals surface area contributed by atoms with E-state index in [0.29, 0.717) is 35.8 Å². The number of amides is 1. The van der Waals surface area contributed by atoms with Gasteiger partial charge in [0.25, 0.3) is 0 Å². The highest BCUT2D eigenvalue weighted by Gasteiger charge is 2.16. The van der Waals surface area contributed by atoms with Crippen LogP contribution in [0.15, 0.2) is 48.5 Å². The molecule has 0 unspecified atom stereocenters. The molecule has 0 saturated carbocycles. The molecule has 28 heavy (non-hydrogen) atoms. The minimum Gasteiger partial charge on any atom is -0.460 e. The molecule has 0 spiro atoms. The number of methoxy groups -OCH3 is 1. The van der Waals surface area contributed by atoms with Crippen molar-refractivity contribution in [3.05, 3.63) is 54.3 Å². The highest BCUT2D eigenvalue weighted by molar-refractivity contribution is 5.90. The molecule has 1 N–H and O–H groups in total. The van der Waals surface area contributed by atoms with E-state index >= 15 is 0 Å². The molecule has 0 saturated heterocycles. The maximum Gasteiger partial charge on any atom is 0.336 e. The smallest absolute Gasteiger partial charge is 0.336 e. The van der Waals surface area contributed by atoms with E-state index in [0.717, 1.165) is 0 Å². The van der Waals surface area contributed by atoms with Gasteiger partial charge in [-0.1, -0.05) is 25.1 Å². The number of carbonyl (C=O) groups excluding carboxylic acids is 1. The summed E-state index contributed by atoms with van der Waals surface area (Å²) in [4.78, 5) is 16.1. The van der Waals surface area contributed by atoms with Crippen LogP contribution in [0, 0.1) is 5.82 Å². The van der Waals surface area contributed by atoms with Crippen molar-refractivity contribution in [1.82, 2.24) is 14.8 Å². The predicted octanol–water partition coefficient (Wildman–Crippen LogP) is 3.45. The van der Waals surface area contributed by atoms with Gasteiger partial charge >= 0.3 is 6.01 Å². The van der Waals surface area contributed by atoms with Crippen LogP contribution in [-0.2, 0) is 9.53 Å². The number of aromatic nitrogens is 3. The van der Waals surface area contributed by atoms with Gasteiger partial charge in [-0.15, -0.1) is 5.10 Å². The first-order valence-electron chi connectivity index (χ1n) is 8.85. The van der Waals surface area contributed by atoms with E-state index in [1.165, 1.54) is 12.1 Å². The van der Waals surface area contributed by atoms with Crippen LogP contribution in [0.4, 0.5) is 10.1 Å². The molecule has 0 fully saturated rings. The van der Waals surface area contributed by atoms with Crippen molar-refractivity contribution in [2.45, 2.75) is 13.3 Å². The zero-order valence-electron chi connectivity index (χ0n) is 15.7. The van der Waals surface area contributed by atoms with Crippen molar-refractivity contribution in [2.75, 3.05) is 25.6 Å².